The average Bonchev–Trinajstić information content (AvgIpc) is 2.80. The number of esters is 1. The van der Waals surface area contributed by atoms with E-state index in [1.807, 2.05) is 0 Å². The Hall–Kier alpha value is -2.65. The summed E-state index contributed by atoms with van der Waals surface area (Å²) in [7, 11) is 1.28. The van der Waals surface area contributed by atoms with Gasteiger partial charge in [-0.1, -0.05) is 0 Å². The lowest BCUT2D eigenvalue weighted by atomic mass is 10.0. The predicted octanol–water partition coefficient (Wildman–Crippen LogP) is 3.61. The lowest BCUT2D eigenvalue weighted by Crippen LogP contribution is -2.43. The molecule has 1 aromatic carbocycles. The summed E-state index contributed by atoms with van der Waals surface area (Å²) < 4.78 is 30.5. The number of carbonyl (C=O) groups excluding carboxylic acids is 1. The van der Waals surface area contributed by atoms with Crippen LogP contribution in [0.1, 0.15) is 42.7 Å². The molecule has 1 aromatic heterocycles. The third kappa shape index (κ3) is 5.77. The summed E-state index contributed by atoms with van der Waals surface area (Å²) in [5.74, 6) is -0.356. The molecule has 0 bridgehead atoms. The molecule has 0 spiro atoms. The lowest BCUT2D eigenvalue weighted by molar-refractivity contribution is 0.0594. The Labute approximate surface area is 192 Å². The molecule has 2 aromatic rings. The first kappa shape index (κ1) is 24.0. The normalized spacial score (nSPS) is 14.2. The van der Waals surface area contributed by atoms with Crippen LogP contribution in [0.15, 0.2) is 18.2 Å². The van der Waals surface area contributed by atoms with Crippen molar-refractivity contribution >= 4 is 23.4 Å². The molecule has 32 heavy (non-hydrogen) atoms. The van der Waals surface area contributed by atoms with Gasteiger partial charge in [-0.25, -0.2) is 14.8 Å². The predicted molar refractivity (Wildman–Crippen MR) is 119 cm³/mol. The van der Waals surface area contributed by atoms with E-state index in [1.165, 1.54) is 7.11 Å². The maximum atomic E-state index is 14.7. The highest BCUT2D eigenvalue weighted by Crippen LogP contribution is 2.32. The van der Waals surface area contributed by atoms with E-state index in [-0.39, 0.29) is 28.5 Å². The van der Waals surface area contributed by atoms with Gasteiger partial charge >= 0.3 is 5.97 Å². The Morgan fingerprint density at radius 3 is 2.34 bits per heavy atom. The third-order valence-electron chi connectivity index (χ3n) is 5.14. The zero-order valence-electron chi connectivity index (χ0n) is 18.5. The molecule has 0 amide bonds. The number of nitrogens with one attached hydrogen (secondary N) is 1. The summed E-state index contributed by atoms with van der Waals surface area (Å²) in [4.78, 5) is 22.5. The molecule has 3 rings (SSSR count). The van der Waals surface area contributed by atoms with Crippen molar-refractivity contribution < 1.29 is 23.4 Å². The van der Waals surface area contributed by atoms with E-state index in [0.29, 0.717) is 25.6 Å². The van der Waals surface area contributed by atoms with Crippen LogP contribution in [0.25, 0.3) is 0 Å². The molecule has 0 atom stereocenters. The van der Waals surface area contributed by atoms with E-state index < -0.39 is 11.8 Å². The van der Waals surface area contributed by atoms with Crippen molar-refractivity contribution in [1.82, 2.24) is 15.3 Å². The molecule has 0 unspecified atom stereocenters. The summed E-state index contributed by atoms with van der Waals surface area (Å²) in [6.45, 7) is 6.33. The minimum Gasteiger partial charge on any atom is -0.491 e. The Morgan fingerprint density at radius 1 is 1.16 bits per heavy atom. The number of rotatable bonds is 9. The first-order chi connectivity index (χ1) is 15.5. The molecule has 0 saturated carbocycles. The van der Waals surface area contributed by atoms with Gasteiger partial charge in [0, 0.05) is 18.7 Å². The van der Waals surface area contributed by atoms with E-state index >= 15 is 0 Å². The quantitative estimate of drug-likeness (QED) is 0.443. The van der Waals surface area contributed by atoms with E-state index in [2.05, 4.69) is 20.2 Å². The van der Waals surface area contributed by atoms with Gasteiger partial charge in [-0.2, -0.15) is 4.39 Å². The van der Waals surface area contributed by atoms with Crippen LogP contribution in [-0.4, -0.2) is 55.4 Å². The van der Waals surface area contributed by atoms with Crippen LogP contribution in [0.4, 0.5) is 10.2 Å². The number of nitrogens with zero attached hydrogens (tertiary/aromatic N) is 3. The van der Waals surface area contributed by atoms with E-state index in [0.717, 1.165) is 31.5 Å². The number of benzene rings is 1. The zero-order valence-corrected chi connectivity index (χ0v) is 19.2. The van der Waals surface area contributed by atoms with Crippen LogP contribution in [0.2, 0.25) is 5.28 Å². The van der Waals surface area contributed by atoms with E-state index in [4.69, 9.17) is 25.8 Å². The van der Waals surface area contributed by atoms with Crippen molar-refractivity contribution in [3.8, 4) is 11.5 Å². The summed E-state index contributed by atoms with van der Waals surface area (Å²) >= 11 is 6.13. The number of methoxy groups -OCH3 is 1. The topological polar surface area (TPSA) is 85.8 Å². The van der Waals surface area contributed by atoms with Crippen molar-refractivity contribution in [3.63, 3.8) is 0 Å². The highest BCUT2D eigenvalue weighted by molar-refractivity contribution is 6.28. The van der Waals surface area contributed by atoms with Gasteiger partial charge in [0.15, 0.2) is 17.2 Å². The summed E-state index contributed by atoms with van der Waals surface area (Å²) in [5, 5.41) is 3.29. The van der Waals surface area contributed by atoms with Gasteiger partial charge in [-0.05, 0) is 69.1 Å². The molecule has 1 aliphatic rings. The van der Waals surface area contributed by atoms with Crippen molar-refractivity contribution in [2.24, 2.45) is 0 Å². The van der Waals surface area contributed by atoms with Gasteiger partial charge in [-0.15, -0.1) is 0 Å². The summed E-state index contributed by atoms with van der Waals surface area (Å²) in [6.07, 6.45) is 1.74. The smallest absolute Gasteiger partial charge is 0.356 e. The number of ether oxygens (including phenoxy) is 3. The van der Waals surface area contributed by atoms with Crippen LogP contribution >= 0.6 is 11.6 Å². The van der Waals surface area contributed by atoms with Gasteiger partial charge in [0.2, 0.25) is 11.1 Å². The number of halogens is 2. The molecule has 0 radical (unpaired) electrons. The van der Waals surface area contributed by atoms with Crippen LogP contribution in [0, 0.1) is 5.82 Å². The highest BCUT2D eigenvalue weighted by atomic mass is 35.5. The van der Waals surface area contributed by atoms with Crippen LogP contribution < -0.4 is 19.7 Å². The average molecular weight is 467 g/mol. The second kappa shape index (κ2) is 11.3. The number of hydrogen-bond acceptors (Lipinski definition) is 8. The SMILES string of the molecule is CCOc1cc(CN(c2cc(C(=O)OC)nc(Cl)n2)C2CCNCC2)cc(OCC)c1F. The maximum absolute atomic E-state index is 14.7. The van der Waals surface area contributed by atoms with Crippen LogP contribution in [0.3, 0.4) is 0 Å². The number of anilines is 1. The van der Waals surface area contributed by atoms with Crippen molar-refractivity contribution in [3.05, 3.63) is 40.6 Å². The summed E-state index contributed by atoms with van der Waals surface area (Å²) in [6, 6.07) is 5.03. The second-order valence-corrected chi connectivity index (χ2v) is 7.59. The molecule has 2 heterocycles. The molecule has 1 fully saturated rings. The first-order valence-electron chi connectivity index (χ1n) is 10.6. The Morgan fingerprint density at radius 2 is 1.78 bits per heavy atom. The van der Waals surface area contributed by atoms with Crippen molar-refractivity contribution in [1.29, 1.82) is 0 Å². The minimum absolute atomic E-state index is 0.0500. The molecule has 0 aliphatic carbocycles. The lowest BCUT2D eigenvalue weighted by Gasteiger charge is -2.36. The fourth-order valence-electron chi connectivity index (χ4n) is 3.71. The van der Waals surface area contributed by atoms with Gasteiger partial charge in [-0.3, -0.25) is 0 Å². The highest BCUT2D eigenvalue weighted by Gasteiger charge is 2.26. The number of aromatic nitrogens is 2. The Kier molecular flexibility index (Phi) is 8.46. The standard InChI is InChI=1S/C22H28ClFN4O4/c1-4-31-17-10-14(11-18(20(17)24)32-5-2)13-28(15-6-8-25-9-7-15)19-12-16(21(29)30-3)26-22(23)27-19/h10-12,15,25H,4-9,13H2,1-3H3. The maximum Gasteiger partial charge on any atom is 0.356 e. The van der Waals surface area contributed by atoms with Crippen molar-refractivity contribution in [2.75, 3.05) is 38.3 Å². The van der Waals surface area contributed by atoms with Crippen LogP contribution in [-0.2, 0) is 11.3 Å². The number of carbonyl (C=O) groups is 1. The fourth-order valence-corrected chi connectivity index (χ4v) is 3.89. The Bertz CT molecular complexity index is 913. The monoisotopic (exact) mass is 466 g/mol. The zero-order chi connectivity index (χ0) is 23.1. The minimum atomic E-state index is -0.597. The Balaban J connectivity index is 2.03. The molecule has 1 N–H and O–H groups in total. The van der Waals surface area contributed by atoms with Crippen molar-refractivity contribution in [2.45, 2.75) is 39.3 Å². The number of piperidine rings is 1. The van der Waals surface area contributed by atoms with Gasteiger partial charge in [0.05, 0.1) is 20.3 Å². The fraction of sp³-hybridized carbons (Fsp3) is 0.500. The van der Waals surface area contributed by atoms with Gasteiger partial charge < -0.3 is 24.4 Å². The number of hydrogen-bond donors (Lipinski definition) is 1. The third-order valence-corrected chi connectivity index (χ3v) is 5.31. The second-order valence-electron chi connectivity index (χ2n) is 7.25. The first-order valence-corrected chi connectivity index (χ1v) is 11.0. The molecule has 8 nitrogen and oxygen atoms in total. The van der Waals surface area contributed by atoms with Crippen LogP contribution in [0.5, 0.6) is 11.5 Å². The van der Waals surface area contributed by atoms with E-state index in [9.17, 15) is 9.18 Å². The summed E-state index contributed by atoms with van der Waals surface area (Å²) in [5.41, 5.74) is 0.858. The largest absolute Gasteiger partial charge is 0.491 e. The van der Waals surface area contributed by atoms with Gasteiger partial charge in [0.1, 0.15) is 5.82 Å². The molecule has 174 valence electrons. The van der Waals surface area contributed by atoms with Gasteiger partial charge in [0.25, 0.3) is 0 Å². The molecular weight excluding hydrogens is 439 g/mol. The molecule has 1 saturated heterocycles. The molecular formula is C22H28ClFN4O4. The molecule has 1 aliphatic heterocycles. The molecule has 10 heteroatoms. The van der Waals surface area contributed by atoms with E-state index in [1.54, 1.807) is 32.0 Å².